The molecule has 5 rings (SSSR count). The van der Waals surface area contributed by atoms with Gasteiger partial charge in [-0.05, 0) is 30.3 Å². The number of fused-ring (bicyclic) bond motifs is 3. The second kappa shape index (κ2) is 8.74. The van der Waals surface area contributed by atoms with E-state index in [4.69, 9.17) is 16.6 Å². The third kappa shape index (κ3) is 3.79. The van der Waals surface area contributed by atoms with Crippen molar-refractivity contribution in [3.8, 4) is 5.69 Å². The maximum Gasteiger partial charge on any atom is 0.390 e. The lowest BCUT2D eigenvalue weighted by molar-refractivity contribution is -0.589. The molecule has 160 valence electrons. The predicted octanol–water partition coefficient (Wildman–Crippen LogP) is 3.78. The van der Waals surface area contributed by atoms with Gasteiger partial charge in [0.2, 0.25) is 5.82 Å². The zero-order valence-corrected chi connectivity index (χ0v) is 18.0. The number of benzene rings is 3. The lowest BCUT2D eigenvalue weighted by Crippen LogP contribution is -2.39. The van der Waals surface area contributed by atoms with Crippen molar-refractivity contribution in [2.75, 3.05) is 5.32 Å². The van der Waals surface area contributed by atoms with Gasteiger partial charge in [-0.3, -0.25) is 9.79 Å². The van der Waals surface area contributed by atoms with Gasteiger partial charge in [0, 0.05) is 21.2 Å². The number of nitrogens with zero attached hydrogens (tertiary/aromatic N) is 4. The van der Waals surface area contributed by atoms with Gasteiger partial charge in [-0.2, -0.15) is 4.57 Å². The molecule has 3 aromatic carbocycles. The summed E-state index contributed by atoms with van der Waals surface area (Å²) in [6.07, 6.45) is 0. The van der Waals surface area contributed by atoms with Crippen LogP contribution < -0.4 is 9.88 Å². The van der Waals surface area contributed by atoms with Crippen LogP contribution in [0, 0.1) is 0 Å². The number of anilines is 1. The molecule has 0 saturated heterocycles. The SMILES string of the molecule is Cn1nc(NC(=O)c2ccccc2)[n+]2c1CN=C(c1ccccc1)c1cc(Cl)ccc1-2.[OH-]. The van der Waals surface area contributed by atoms with Crippen LogP contribution in [0.15, 0.2) is 83.9 Å². The van der Waals surface area contributed by atoms with Gasteiger partial charge in [-0.15, -0.1) is 4.68 Å². The molecular formula is C24H20ClN5O2. The highest BCUT2D eigenvalue weighted by atomic mass is 35.5. The Kier molecular flexibility index (Phi) is 5.85. The number of carbonyl (C=O) groups excluding carboxylic acids is 1. The van der Waals surface area contributed by atoms with E-state index in [1.165, 1.54) is 0 Å². The van der Waals surface area contributed by atoms with Gasteiger partial charge < -0.3 is 5.48 Å². The smallest absolute Gasteiger partial charge is 0.390 e. The van der Waals surface area contributed by atoms with Gasteiger partial charge in [0.1, 0.15) is 12.2 Å². The van der Waals surface area contributed by atoms with Crippen LogP contribution in [0.3, 0.4) is 0 Å². The summed E-state index contributed by atoms with van der Waals surface area (Å²) < 4.78 is 3.68. The van der Waals surface area contributed by atoms with E-state index in [1.807, 2.05) is 78.3 Å². The van der Waals surface area contributed by atoms with Crippen LogP contribution in [-0.2, 0) is 13.6 Å². The number of nitrogens with one attached hydrogen (secondary N) is 1. The topological polar surface area (TPSA) is 93.2 Å². The van der Waals surface area contributed by atoms with Crippen LogP contribution >= 0.6 is 11.6 Å². The minimum atomic E-state index is -0.224. The molecule has 0 aliphatic carbocycles. The molecule has 2 heterocycles. The molecule has 7 nitrogen and oxygen atoms in total. The zero-order chi connectivity index (χ0) is 21.4. The average Bonchev–Trinajstić information content (AvgIpc) is 2.99. The third-order valence-corrected chi connectivity index (χ3v) is 5.47. The quantitative estimate of drug-likeness (QED) is 0.486. The molecular weight excluding hydrogens is 426 g/mol. The van der Waals surface area contributed by atoms with Crippen molar-refractivity contribution in [2.45, 2.75) is 6.54 Å². The number of halogens is 1. The fourth-order valence-corrected chi connectivity index (χ4v) is 3.92. The van der Waals surface area contributed by atoms with E-state index in [9.17, 15) is 4.79 Å². The Labute approximate surface area is 189 Å². The number of amides is 1. The highest BCUT2D eigenvalue weighted by Crippen LogP contribution is 2.25. The van der Waals surface area contributed by atoms with Gasteiger partial charge in [0.05, 0.1) is 18.3 Å². The predicted molar refractivity (Wildman–Crippen MR) is 122 cm³/mol. The van der Waals surface area contributed by atoms with Crippen LogP contribution in [0.5, 0.6) is 0 Å². The highest BCUT2D eigenvalue weighted by Gasteiger charge is 2.31. The summed E-state index contributed by atoms with van der Waals surface area (Å²) in [5, 5.41) is 8.13. The number of carbonyl (C=O) groups is 1. The molecule has 0 unspecified atom stereocenters. The molecule has 0 saturated carbocycles. The number of aryl methyl sites for hydroxylation is 1. The normalized spacial score (nSPS) is 12.0. The minimum Gasteiger partial charge on any atom is -0.870 e. The Morgan fingerprint density at radius 3 is 2.44 bits per heavy atom. The van der Waals surface area contributed by atoms with Crippen LogP contribution in [0.4, 0.5) is 5.95 Å². The summed E-state index contributed by atoms with van der Waals surface area (Å²) in [6, 6.07) is 24.8. The lowest BCUT2D eigenvalue weighted by atomic mass is 10.0. The molecule has 32 heavy (non-hydrogen) atoms. The van der Waals surface area contributed by atoms with Crippen LogP contribution in [0.25, 0.3) is 5.69 Å². The first-order valence-electron chi connectivity index (χ1n) is 9.86. The van der Waals surface area contributed by atoms with E-state index in [-0.39, 0.29) is 11.4 Å². The number of hydrogen-bond donors (Lipinski definition) is 1. The summed E-state index contributed by atoms with van der Waals surface area (Å²) in [5.41, 5.74) is 4.15. The van der Waals surface area contributed by atoms with E-state index in [2.05, 4.69) is 10.4 Å². The maximum absolute atomic E-state index is 12.8. The number of aliphatic imine (C=N–C) groups is 1. The number of rotatable bonds is 3. The second-order valence-corrected chi connectivity index (χ2v) is 7.65. The molecule has 1 amide bonds. The molecule has 0 atom stereocenters. The first kappa shape index (κ1) is 21.4. The fraction of sp³-hybridized carbons (Fsp3) is 0.0833. The molecule has 8 heteroatoms. The van der Waals surface area contributed by atoms with Gasteiger partial charge in [-0.1, -0.05) is 60.1 Å². The van der Waals surface area contributed by atoms with Crippen molar-refractivity contribution >= 4 is 29.2 Å². The Morgan fingerprint density at radius 1 is 1.03 bits per heavy atom. The summed E-state index contributed by atoms with van der Waals surface area (Å²) in [4.78, 5) is 17.7. The summed E-state index contributed by atoms with van der Waals surface area (Å²) in [6.45, 7) is 0.404. The van der Waals surface area contributed by atoms with Crippen molar-refractivity contribution in [3.05, 3.63) is 106 Å². The van der Waals surface area contributed by atoms with Gasteiger partial charge in [0.15, 0.2) is 0 Å². The molecule has 4 aromatic rings. The third-order valence-electron chi connectivity index (χ3n) is 5.23. The maximum atomic E-state index is 12.8. The molecule has 0 bridgehead atoms. The van der Waals surface area contributed by atoms with E-state index < -0.39 is 0 Å². The van der Waals surface area contributed by atoms with E-state index in [1.54, 1.807) is 16.8 Å². The molecule has 2 N–H and O–H groups in total. The standard InChI is InChI=1S/C24H18ClN5O.H2O/c1-29-21-15-26-22(16-8-4-2-5-9-16)19-14-18(25)12-13-20(19)30(21)24(28-29)27-23(31)17-10-6-3-7-11-17;/h2-14H,15H2,1H3;1H2. The highest BCUT2D eigenvalue weighted by molar-refractivity contribution is 6.31. The Hall–Kier alpha value is -3.81. The summed E-state index contributed by atoms with van der Waals surface area (Å²) >= 11 is 6.36. The average molecular weight is 446 g/mol. The minimum absolute atomic E-state index is 0. The van der Waals surface area contributed by atoms with E-state index in [0.29, 0.717) is 23.1 Å². The largest absolute Gasteiger partial charge is 0.870 e. The van der Waals surface area contributed by atoms with Crippen molar-refractivity contribution in [1.82, 2.24) is 9.78 Å². The van der Waals surface area contributed by atoms with Crippen molar-refractivity contribution < 1.29 is 14.8 Å². The molecule has 1 aromatic heterocycles. The first-order chi connectivity index (χ1) is 15.1. The molecule has 0 fully saturated rings. The Morgan fingerprint density at radius 2 is 1.72 bits per heavy atom. The zero-order valence-electron chi connectivity index (χ0n) is 17.2. The van der Waals surface area contributed by atoms with Gasteiger partial charge in [0.25, 0.3) is 5.91 Å². The Bertz CT molecular complexity index is 1320. The van der Waals surface area contributed by atoms with E-state index in [0.717, 1.165) is 28.4 Å². The Balaban J connectivity index is 0.00000245. The van der Waals surface area contributed by atoms with Gasteiger partial charge >= 0.3 is 5.95 Å². The number of hydrogen-bond acceptors (Lipinski definition) is 4. The van der Waals surface area contributed by atoms with Gasteiger partial charge in [-0.25, -0.2) is 5.32 Å². The van der Waals surface area contributed by atoms with Crippen LogP contribution in [0.1, 0.15) is 27.3 Å². The fourth-order valence-electron chi connectivity index (χ4n) is 3.75. The summed E-state index contributed by atoms with van der Waals surface area (Å²) in [5.74, 6) is 1.05. The summed E-state index contributed by atoms with van der Waals surface area (Å²) in [7, 11) is 1.85. The molecule has 0 radical (unpaired) electrons. The monoisotopic (exact) mass is 445 g/mol. The van der Waals surface area contributed by atoms with Crippen LogP contribution in [0.2, 0.25) is 5.02 Å². The second-order valence-electron chi connectivity index (χ2n) is 7.21. The van der Waals surface area contributed by atoms with E-state index >= 15 is 0 Å². The first-order valence-corrected chi connectivity index (χ1v) is 10.2. The van der Waals surface area contributed by atoms with Crippen molar-refractivity contribution in [3.63, 3.8) is 0 Å². The molecule has 0 spiro atoms. The van der Waals surface area contributed by atoms with Crippen molar-refractivity contribution in [2.24, 2.45) is 12.0 Å². The van der Waals surface area contributed by atoms with Crippen molar-refractivity contribution in [1.29, 1.82) is 0 Å². The molecule has 1 aliphatic rings. The lowest BCUT2D eigenvalue weighted by Gasteiger charge is -2.11. The number of aromatic nitrogens is 3. The molecule has 1 aliphatic heterocycles. The van der Waals surface area contributed by atoms with Crippen LogP contribution in [-0.4, -0.2) is 26.9 Å².